The van der Waals surface area contributed by atoms with Crippen molar-refractivity contribution in [1.82, 2.24) is 5.32 Å². The lowest BCUT2D eigenvalue weighted by molar-refractivity contribution is 0.0989. The van der Waals surface area contributed by atoms with Crippen molar-refractivity contribution in [3.63, 3.8) is 0 Å². The summed E-state index contributed by atoms with van der Waals surface area (Å²) in [6.45, 7) is 5.16. The van der Waals surface area contributed by atoms with Crippen molar-refractivity contribution in [3.05, 3.63) is 28.8 Å². The van der Waals surface area contributed by atoms with Crippen LogP contribution < -0.4 is 10.1 Å². The number of ether oxygens (including phenoxy) is 1. The number of benzene rings is 1. The minimum absolute atomic E-state index is 0.0893. The quantitative estimate of drug-likeness (QED) is 0.785. The van der Waals surface area contributed by atoms with Crippen LogP contribution in [0.2, 0.25) is 0 Å². The summed E-state index contributed by atoms with van der Waals surface area (Å²) in [6, 6.07) is 3.87. The maximum atomic E-state index is 12.0. The third kappa shape index (κ3) is 2.91. The Bertz CT molecular complexity index is 450. The molecule has 1 aliphatic carbocycles. The van der Waals surface area contributed by atoms with Crippen molar-refractivity contribution < 1.29 is 9.53 Å². The molecule has 1 aliphatic rings. The fourth-order valence-electron chi connectivity index (χ4n) is 1.94. The number of ketones is 1. The van der Waals surface area contributed by atoms with E-state index in [2.05, 4.69) is 5.32 Å². The van der Waals surface area contributed by atoms with Crippen molar-refractivity contribution in [3.8, 4) is 5.75 Å². The van der Waals surface area contributed by atoms with Crippen molar-refractivity contribution in [2.75, 3.05) is 20.2 Å². The molecule has 0 bridgehead atoms. The van der Waals surface area contributed by atoms with Crippen LogP contribution in [0.4, 0.5) is 0 Å². The van der Waals surface area contributed by atoms with E-state index in [0.717, 1.165) is 17.9 Å². The van der Waals surface area contributed by atoms with Gasteiger partial charge in [-0.2, -0.15) is 0 Å². The van der Waals surface area contributed by atoms with E-state index in [9.17, 15) is 4.79 Å². The first kappa shape index (κ1) is 13.1. The van der Waals surface area contributed by atoms with E-state index in [1.165, 1.54) is 18.4 Å². The number of carbonyl (C=O) groups excluding carboxylic acids is 1. The molecule has 0 atom stereocenters. The number of rotatable bonds is 6. The van der Waals surface area contributed by atoms with Crippen LogP contribution in [0.15, 0.2) is 12.1 Å². The second-order valence-corrected chi connectivity index (χ2v) is 5.09. The highest BCUT2D eigenvalue weighted by molar-refractivity contribution is 6.00. The number of Topliss-reactive ketones (excluding diaryl/α,β-unsaturated/α-hetero) is 1. The summed E-state index contributed by atoms with van der Waals surface area (Å²) in [4.78, 5) is 12.0. The van der Waals surface area contributed by atoms with E-state index < -0.39 is 0 Å². The first-order chi connectivity index (χ1) is 8.63. The van der Waals surface area contributed by atoms with Crippen molar-refractivity contribution >= 4 is 5.78 Å². The molecule has 0 radical (unpaired) electrons. The van der Waals surface area contributed by atoms with Gasteiger partial charge in [-0.15, -0.1) is 0 Å². The Morgan fingerprint density at radius 1 is 1.39 bits per heavy atom. The number of hydrogen-bond acceptors (Lipinski definition) is 3. The monoisotopic (exact) mass is 247 g/mol. The highest BCUT2D eigenvalue weighted by Crippen LogP contribution is 2.32. The number of hydrogen-bond donors (Lipinski definition) is 1. The molecular weight excluding hydrogens is 226 g/mol. The van der Waals surface area contributed by atoms with Gasteiger partial charge in [-0.1, -0.05) is 6.07 Å². The van der Waals surface area contributed by atoms with E-state index >= 15 is 0 Å². The summed E-state index contributed by atoms with van der Waals surface area (Å²) in [5, 5.41) is 2.90. The van der Waals surface area contributed by atoms with Gasteiger partial charge in [0.25, 0.3) is 0 Å². The first-order valence-electron chi connectivity index (χ1n) is 6.54. The molecule has 98 valence electrons. The van der Waals surface area contributed by atoms with Crippen LogP contribution in [0.25, 0.3) is 0 Å². The fraction of sp³-hybridized carbons (Fsp3) is 0.533. The zero-order chi connectivity index (χ0) is 13.1. The van der Waals surface area contributed by atoms with Gasteiger partial charge in [-0.05, 0) is 56.8 Å². The van der Waals surface area contributed by atoms with Gasteiger partial charge in [0.1, 0.15) is 5.75 Å². The molecule has 1 aromatic carbocycles. The predicted octanol–water partition coefficient (Wildman–Crippen LogP) is 2.49. The predicted molar refractivity (Wildman–Crippen MR) is 72.4 cm³/mol. The van der Waals surface area contributed by atoms with Crippen molar-refractivity contribution in [1.29, 1.82) is 0 Å². The molecule has 3 heteroatoms. The molecule has 3 nitrogen and oxygen atoms in total. The third-order valence-corrected chi connectivity index (χ3v) is 3.47. The Morgan fingerprint density at radius 3 is 2.72 bits per heavy atom. The lowest BCUT2D eigenvalue weighted by Crippen LogP contribution is -2.20. The highest BCUT2D eigenvalue weighted by atomic mass is 16.5. The Labute approximate surface area is 109 Å². The topological polar surface area (TPSA) is 38.3 Å². The molecule has 0 spiro atoms. The Morgan fingerprint density at radius 2 is 2.11 bits per heavy atom. The largest absolute Gasteiger partial charge is 0.492 e. The van der Waals surface area contributed by atoms with E-state index in [1.54, 1.807) is 7.05 Å². The Balaban J connectivity index is 2.25. The van der Waals surface area contributed by atoms with Crippen LogP contribution in [-0.4, -0.2) is 26.0 Å². The molecule has 0 unspecified atom stereocenters. The molecule has 0 heterocycles. The van der Waals surface area contributed by atoms with Crippen LogP contribution in [0, 0.1) is 19.8 Å². The molecule has 2 rings (SSSR count). The normalized spacial score (nSPS) is 14.6. The van der Waals surface area contributed by atoms with Gasteiger partial charge in [0.05, 0.1) is 18.7 Å². The zero-order valence-electron chi connectivity index (χ0n) is 11.4. The summed E-state index contributed by atoms with van der Waals surface area (Å²) in [5.74, 6) is 1.56. The average molecular weight is 247 g/mol. The van der Waals surface area contributed by atoms with E-state index in [4.69, 9.17) is 4.74 Å². The average Bonchev–Trinajstić information content (AvgIpc) is 3.15. The second-order valence-electron chi connectivity index (χ2n) is 5.09. The van der Waals surface area contributed by atoms with Crippen molar-refractivity contribution in [2.24, 2.45) is 5.92 Å². The second kappa shape index (κ2) is 5.53. The molecule has 0 aromatic heterocycles. The third-order valence-electron chi connectivity index (χ3n) is 3.47. The number of carbonyl (C=O) groups is 1. The molecule has 1 fully saturated rings. The molecule has 0 aliphatic heterocycles. The summed E-state index contributed by atoms with van der Waals surface area (Å²) >= 11 is 0. The lowest BCUT2D eigenvalue weighted by Gasteiger charge is -2.15. The summed E-state index contributed by atoms with van der Waals surface area (Å²) in [6.07, 6.45) is 2.51. The maximum Gasteiger partial charge on any atom is 0.180 e. The van der Waals surface area contributed by atoms with E-state index in [0.29, 0.717) is 18.0 Å². The van der Waals surface area contributed by atoms with Crippen molar-refractivity contribution in [2.45, 2.75) is 26.7 Å². The fourth-order valence-corrected chi connectivity index (χ4v) is 1.94. The minimum atomic E-state index is 0.0893. The standard InChI is InChI=1S/C15H21NO2/c1-10-4-7-13(14(17)8-16-3)15(11(10)2)18-9-12-5-6-12/h4,7,12,16H,5-6,8-9H2,1-3H3. The van der Waals surface area contributed by atoms with Crippen LogP contribution in [0.1, 0.15) is 34.3 Å². The van der Waals surface area contributed by atoms with Crippen LogP contribution in [0.3, 0.4) is 0 Å². The highest BCUT2D eigenvalue weighted by Gasteiger charge is 2.24. The molecular formula is C15H21NO2. The zero-order valence-corrected chi connectivity index (χ0v) is 11.4. The van der Waals surface area contributed by atoms with Crippen LogP contribution >= 0.6 is 0 Å². The van der Waals surface area contributed by atoms with Gasteiger partial charge in [-0.25, -0.2) is 0 Å². The van der Waals surface area contributed by atoms with Gasteiger partial charge in [0, 0.05) is 0 Å². The molecule has 1 aromatic rings. The Kier molecular flexibility index (Phi) is 4.02. The summed E-state index contributed by atoms with van der Waals surface area (Å²) in [5.41, 5.74) is 2.95. The number of likely N-dealkylation sites (N-methyl/N-ethyl adjacent to an activating group) is 1. The van der Waals surface area contributed by atoms with Gasteiger partial charge >= 0.3 is 0 Å². The lowest BCUT2D eigenvalue weighted by atomic mass is 10.0. The maximum absolute atomic E-state index is 12.0. The van der Waals surface area contributed by atoms with Gasteiger partial charge in [-0.3, -0.25) is 4.79 Å². The number of nitrogens with one attached hydrogen (secondary N) is 1. The summed E-state index contributed by atoms with van der Waals surface area (Å²) in [7, 11) is 1.78. The Hall–Kier alpha value is -1.35. The van der Waals surface area contributed by atoms with Gasteiger partial charge < -0.3 is 10.1 Å². The molecule has 0 saturated heterocycles. The first-order valence-corrected chi connectivity index (χ1v) is 6.54. The van der Waals surface area contributed by atoms with Gasteiger partial charge in [0.15, 0.2) is 5.78 Å². The minimum Gasteiger partial charge on any atom is -0.492 e. The SMILES string of the molecule is CNCC(=O)c1ccc(C)c(C)c1OCC1CC1. The molecule has 1 saturated carbocycles. The van der Waals surface area contributed by atoms with Gasteiger partial charge in [0.2, 0.25) is 0 Å². The van der Waals surface area contributed by atoms with E-state index in [1.807, 2.05) is 26.0 Å². The number of aryl methyl sites for hydroxylation is 1. The van der Waals surface area contributed by atoms with Crippen LogP contribution in [-0.2, 0) is 0 Å². The molecule has 0 amide bonds. The molecule has 18 heavy (non-hydrogen) atoms. The summed E-state index contributed by atoms with van der Waals surface area (Å²) < 4.78 is 5.89. The van der Waals surface area contributed by atoms with E-state index in [-0.39, 0.29) is 5.78 Å². The molecule has 1 N–H and O–H groups in total. The van der Waals surface area contributed by atoms with Crippen LogP contribution in [0.5, 0.6) is 5.75 Å². The smallest absolute Gasteiger partial charge is 0.180 e.